The Morgan fingerprint density at radius 1 is 0.974 bits per heavy atom. The highest BCUT2D eigenvalue weighted by atomic mass is 16.2. The summed E-state index contributed by atoms with van der Waals surface area (Å²) >= 11 is 0. The van der Waals surface area contributed by atoms with Crippen molar-refractivity contribution in [1.82, 2.24) is 25.5 Å². The van der Waals surface area contributed by atoms with E-state index >= 15 is 0 Å². The minimum absolute atomic E-state index is 0.127. The molecular formula is C28H36N8O2. The molecule has 0 radical (unpaired) electrons. The highest BCUT2D eigenvalue weighted by molar-refractivity contribution is 5.99. The average molecular weight is 517 g/mol. The first-order chi connectivity index (χ1) is 18.5. The highest BCUT2D eigenvalue weighted by Gasteiger charge is 2.15. The molecule has 38 heavy (non-hydrogen) atoms. The molecule has 1 saturated heterocycles. The van der Waals surface area contributed by atoms with Crippen LogP contribution in [0, 0.1) is 0 Å². The summed E-state index contributed by atoms with van der Waals surface area (Å²) in [6, 6.07) is 14.2. The molecule has 4 rings (SSSR count). The molecule has 2 aromatic heterocycles. The number of pyridine rings is 2. The van der Waals surface area contributed by atoms with Crippen molar-refractivity contribution >= 4 is 29.3 Å². The molecule has 3 aromatic rings. The lowest BCUT2D eigenvalue weighted by Crippen LogP contribution is -2.37. The molecule has 1 aromatic carbocycles. The third-order valence-corrected chi connectivity index (χ3v) is 6.39. The summed E-state index contributed by atoms with van der Waals surface area (Å²) in [5.74, 6) is 0.864. The predicted molar refractivity (Wildman–Crippen MR) is 151 cm³/mol. The fourth-order valence-electron chi connectivity index (χ4n) is 4.33. The molecule has 0 bridgehead atoms. The van der Waals surface area contributed by atoms with Crippen LogP contribution in [0.15, 0.2) is 54.7 Å². The molecule has 0 spiro atoms. The Kier molecular flexibility index (Phi) is 9.47. The molecule has 3 heterocycles. The molecule has 3 amide bonds. The molecule has 0 unspecified atom stereocenters. The van der Waals surface area contributed by atoms with Crippen LogP contribution in [0.2, 0.25) is 0 Å². The van der Waals surface area contributed by atoms with Crippen molar-refractivity contribution in [3.63, 3.8) is 0 Å². The topological polar surface area (TPSA) is 137 Å². The number of anilines is 3. The van der Waals surface area contributed by atoms with Crippen molar-refractivity contribution in [3.8, 4) is 11.3 Å². The molecule has 0 atom stereocenters. The van der Waals surface area contributed by atoms with E-state index in [0.29, 0.717) is 42.5 Å². The summed E-state index contributed by atoms with van der Waals surface area (Å²) < 4.78 is 0. The van der Waals surface area contributed by atoms with Gasteiger partial charge in [-0.15, -0.1) is 0 Å². The fraction of sp³-hybridized carbons (Fsp3) is 0.357. The average Bonchev–Trinajstić information content (AvgIpc) is 2.94. The molecule has 0 saturated carbocycles. The number of urea groups is 1. The van der Waals surface area contributed by atoms with Crippen molar-refractivity contribution < 1.29 is 9.59 Å². The van der Waals surface area contributed by atoms with Crippen molar-refractivity contribution in [3.05, 3.63) is 65.9 Å². The molecule has 0 aliphatic carbocycles. The zero-order valence-corrected chi connectivity index (χ0v) is 21.8. The highest BCUT2D eigenvalue weighted by Crippen LogP contribution is 2.24. The van der Waals surface area contributed by atoms with Crippen LogP contribution in [0.3, 0.4) is 0 Å². The van der Waals surface area contributed by atoms with Gasteiger partial charge in [-0.25, -0.2) is 14.8 Å². The van der Waals surface area contributed by atoms with Crippen LogP contribution in [0.5, 0.6) is 0 Å². The Balaban J connectivity index is 1.33. The van der Waals surface area contributed by atoms with Crippen molar-refractivity contribution in [2.75, 3.05) is 49.1 Å². The number of hydrogen-bond acceptors (Lipinski definition) is 7. The van der Waals surface area contributed by atoms with Gasteiger partial charge in [-0.3, -0.25) is 4.79 Å². The molecule has 1 aliphatic rings. The summed E-state index contributed by atoms with van der Waals surface area (Å²) in [6.45, 7) is 6.66. The number of amides is 3. The molecule has 6 N–H and O–H groups in total. The lowest BCUT2D eigenvalue weighted by atomic mass is 10.1. The molecule has 10 nitrogen and oxygen atoms in total. The Hall–Kier alpha value is -4.18. The van der Waals surface area contributed by atoms with E-state index in [1.807, 2.05) is 49.4 Å². The van der Waals surface area contributed by atoms with Crippen LogP contribution in [-0.4, -0.2) is 59.5 Å². The zero-order valence-electron chi connectivity index (χ0n) is 21.8. The van der Waals surface area contributed by atoms with Gasteiger partial charge in [0.1, 0.15) is 11.6 Å². The van der Waals surface area contributed by atoms with E-state index in [0.717, 1.165) is 36.5 Å². The number of carbonyl (C=O) groups is 2. The van der Waals surface area contributed by atoms with Crippen molar-refractivity contribution in [1.29, 1.82) is 0 Å². The first-order valence-corrected chi connectivity index (χ1v) is 13.1. The van der Waals surface area contributed by atoms with Gasteiger partial charge < -0.3 is 31.9 Å². The van der Waals surface area contributed by atoms with Gasteiger partial charge in [-0.1, -0.05) is 24.6 Å². The number of nitrogen functional groups attached to an aromatic ring is 1. The normalized spacial score (nSPS) is 13.5. The quantitative estimate of drug-likeness (QED) is 0.277. The SMILES string of the molecule is CCNc1nc(-c2ccc(NC(=O)NCc3ccc(N)nc3)cc2)ccc1C(=O)NCCN1CCCCC1. The number of nitrogens with one attached hydrogen (secondary N) is 4. The monoisotopic (exact) mass is 516 g/mol. The number of rotatable bonds is 10. The largest absolute Gasteiger partial charge is 0.384 e. The standard InChI is InChI=1S/C28H36N8O2/c1-2-30-26-23(27(37)31-14-17-36-15-4-3-5-16-36)11-12-24(35-26)21-7-9-22(10-8-21)34-28(38)33-19-20-6-13-25(29)32-18-20/h6-13,18H,2-5,14-17,19H2,1H3,(H2,29,32)(H,30,35)(H,31,37)(H2,33,34,38). The van der Waals surface area contributed by atoms with Gasteiger partial charge in [-0.2, -0.15) is 0 Å². The smallest absolute Gasteiger partial charge is 0.319 e. The zero-order chi connectivity index (χ0) is 26.7. The van der Waals surface area contributed by atoms with E-state index in [9.17, 15) is 9.59 Å². The summed E-state index contributed by atoms with van der Waals surface area (Å²) in [5, 5.41) is 11.9. The van der Waals surface area contributed by atoms with Gasteiger partial charge in [0.15, 0.2) is 0 Å². The van der Waals surface area contributed by atoms with Gasteiger partial charge in [-0.05, 0) is 68.8 Å². The summed E-state index contributed by atoms with van der Waals surface area (Å²) in [5.41, 5.74) is 9.23. The van der Waals surface area contributed by atoms with Crippen LogP contribution in [0.1, 0.15) is 42.1 Å². The van der Waals surface area contributed by atoms with Gasteiger partial charge >= 0.3 is 6.03 Å². The molecule has 1 fully saturated rings. The lowest BCUT2D eigenvalue weighted by Gasteiger charge is -2.26. The van der Waals surface area contributed by atoms with Crippen LogP contribution >= 0.6 is 0 Å². The first kappa shape index (κ1) is 26.9. The molecular weight excluding hydrogens is 480 g/mol. The Morgan fingerprint density at radius 3 is 2.47 bits per heavy atom. The summed E-state index contributed by atoms with van der Waals surface area (Å²) in [7, 11) is 0. The van der Waals surface area contributed by atoms with E-state index in [4.69, 9.17) is 10.7 Å². The molecule has 10 heteroatoms. The number of likely N-dealkylation sites (tertiary alicyclic amines) is 1. The Labute approximate surface area is 223 Å². The van der Waals surface area contributed by atoms with Gasteiger partial charge in [0, 0.05) is 43.6 Å². The second-order valence-corrected chi connectivity index (χ2v) is 9.26. The molecule has 1 aliphatic heterocycles. The van der Waals surface area contributed by atoms with E-state index in [1.54, 1.807) is 12.3 Å². The number of carbonyl (C=O) groups excluding carboxylic acids is 2. The van der Waals surface area contributed by atoms with Gasteiger partial charge in [0.2, 0.25) is 0 Å². The predicted octanol–water partition coefficient (Wildman–Crippen LogP) is 3.70. The number of piperidine rings is 1. The Bertz CT molecular complexity index is 1210. The number of aromatic nitrogens is 2. The Morgan fingerprint density at radius 2 is 1.76 bits per heavy atom. The van der Waals surface area contributed by atoms with Crippen LogP contribution in [-0.2, 0) is 6.54 Å². The van der Waals surface area contributed by atoms with E-state index < -0.39 is 0 Å². The maximum absolute atomic E-state index is 12.9. The van der Waals surface area contributed by atoms with Crippen LogP contribution in [0.25, 0.3) is 11.3 Å². The van der Waals surface area contributed by atoms with Crippen LogP contribution in [0.4, 0.5) is 22.1 Å². The fourth-order valence-corrected chi connectivity index (χ4v) is 4.33. The number of nitrogens with zero attached hydrogens (tertiary/aromatic N) is 3. The second-order valence-electron chi connectivity index (χ2n) is 9.26. The van der Waals surface area contributed by atoms with Gasteiger partial charge in [0.05, 0.1) is 11.3 Å². The molecule has 200 valence electrons. The number of hydrogen-bond donors (Lipinski definition) is 5. The second kappa shape index (κ2) is 13.4. The number of nitrogens with two attached hydrogens (primary N) is 1. The van der Waals surface area contributed by atoms with Crippen LogP contribution < -0.4 is 27.0 Å². The number of benzene rings is 1. The minimum Gasteiger partial charge on any atom is -0.384 e. The van der Waals surface area contributed by atoms with Crippen molar-refractivity contribution in [2.45, 2.75) is 32.7 Å². The third kappa shape index (κ3) is 7.66. The van der Waals surface area contributed by atoms with Crippen molar-refractivity contribution in [2.24, 2.45) is 0 Å². The maximum atomic E-state index is 12.9. The first-order valence-electron chi connectivity index (χ1n) is 13.1. The summed E-state index contributed by atoms with van der Waals surface area (Å²) in [4.78, 5) is 36.3. The van der Waals surface area contributed by atoms with E-state index in [2.05, 4.69) is 31.2 Å². The minimum atomic E-state index is -0.321. The van der Waals surface area contributed by atoms with E-state index in [-0.39, 0.29) is 11.9 Å². The van der Waals surface area contributed by atoms with E-state index in [1.165, 1.54) is 19.3 Å². The lowest BCUT2D eigenvalue weighted by molar-refractivity contribution is 0.0947. The third-order valence-electron chi connectivity index (χ3n) is 6.39. The summed E-state index contributed by atoms with van der Waals surface area (Å²) in [6.07, 6.45) is 5.39. The maximum Gasteiger partial charge on any atom is 0.319 e. The van der Waals surface area contributed by atoms with Gasteiger partial charge in [0.25, 0.3) is 5.91 Å².